The number of aliphatic hydroxyl groups is 1. The lowest BCUT2D eigenvalue weighted by Crippen LogP contribution is -2.48. The SMILES string of the molecule is CC(C)CCC(=O)[C@@H](C)[C@H]1CC[C@H]2[C@@H]3CC=C4C[C@@](C)(O)CC[C@@H]4[C@H]3CC[C@]12C. The normalized spacial score (nSPS) is 45.2. The van der Waals surface area contributed by atoms with E-state index in [1.54, 1.807) is 5.57 Å². The number of hydrogen-bond donors (Lipinski definition) is 1. The van der Waals surface area contributed by atoms with Crippen LogP contribution in [0.4, 0.5) is 0 Å². The minimum atomic E-state index is -0.484. The predicted octanol–water partition coefficient (Wildman–Crippen LogP) is 6.57. The van der Waals surface area contributed by atoms with Crippen LogP contribution in [-0.2, 0) is 4.79 Å². The molecule has 0 aromatic carbocycles. The molecule has 0 saturated heterocycles. The van der Waals surface area contributed by atoms with Crippen molar-refractivity contribution in [1.29, 1.82) is 0 Å². The van der Waals surface area contributed by atoms with E-state index in [1.165, 1.54) is 38.5 Å². The molecule has 0 heterocycles. The quantitative estimate of drug-likeness (QED) is 0.530. The van der Waals surface area contributed by atoms with Crippen molar-refractivity contribution in [3.8, 4) is 0 Å². The van der Waals surface area contributed by atoms with Gasteiger partial charge in [0.1, 0.15) is 5.78 Å². The molecule has 0 amide bonds. The molecule has 3 fully saturated rings. The Labute approximate surface area is 178 Å². The summed E-state index contributed by atoms with van der Waals surface area (Å²) in [5.74, 6) is 5.13. The zero-order chi connectivity index (χ0) is 21.0. The zero-order valence-electron chi connectivity index (χ0n) is 19.5. The molecule has 0 bridgehead atoms. The van der Waals surface area contributed by atoms with Crippen molar-refractivity contribution in [1.82, 2.24) is 0 Å². The lowest BCUT2D eigenvalue weighted by molar-refractivity contribution is -0.127. The van der Waals surface area contributed by atoms with Crippen molar-refractivity contribution in [3.63, 3.8) is 0 Å². The number of rotatable bonds is 5. The Morgan fingerprint density at radius 3 is 2.59 bits per heavy atom. The van der Waals surface area contributed by atoms with Gasteiger partial charge in [-0.3, -0.25) is 4.79 Å². The van der Waals surface area contributed by atoms with Gasteiger partial charge in [0, 0.05) is 12.3 Å². The molecule has 29 heavy (non-hydrogen) atoms. The third-order valence-electron chi connectivity index (χ3n) is 9.87. The van der Waals surface area contributed by atoms with Crippen LogP contribution in [0.15, 0.2) is 11.6 Å². The molecule has 2 heteroatoms. The molecular weight excluding hydrogens is 356 g/mol. The molecule has 0 unspecified atom stereocenters. The summed E-state index contributed by atoms with van der Waals surface area (Å²) in [6.45, 7) is 11.3. The summed E-state index contributed by atoms with van der Waals surface area (Å²) in [6, 6.07) is 0. The van der Waals surface area contributed by atoms with Crippen LogP contribution in [0.5, 0.6) is 0 Å². The molecule has 0 aromatic heterocycles. The lowest BCUT2D eigenvalue weighted by atomic mass is 9.50. The fraction of sp³-hybridized carbons (Fsp3) is 0.889. The van der Waals surface area contributed by atoms with Crippen molar-refractivity contribution < 1.29 is 9.90 Å². The number of hydrogen-bond acceptors (Lipinski definition) is 2. The van der Waals surface area contributed by atoms with E-state index in [1.807, 2.05) is 6.92 Å². The molecule has 0 aliphatic heterocycles. The summed E-state index contributed by atoms with van der Waals surface area (Å²) in [6.07, 6.45) is 13.8. The van der Waals surface area contributed by atoms with E-state index in [2.05, 4.69) is 33.8 Å². The average molecular weight is 401 g/mol. The Morgan fingerprint density at radius 1 is 1.10 bits per heavy atom. The van der Waals surface area contributed by atoms with Crippen molar-refractivity contribution in [2.75, 3.05) is 0 Å². The lowest BCUT2D eigenvalue weighted by Gasteiger charge is -2.55. The minimum absolute atomic E-state index is 0.236. The highest BCUT2D eigenvalue weighted by Crippen LogP contribution is 2.64. The highest BCUT2D eigenvalue weighted by molar-refractivity contribution is 5.81. The van der Waals surface area contributed by atoms with Gasteiger partial charge in [-0.15, -0.1) is 0 Å². The van der Waals surface area contributed by atoms with Gasteiger partial charge < -0.3 is 5.11 Å². The number of ketones is 1. The van der Waals surface area contributed by atoms with Gasteiger partial charge >= 0.3 is 0 Å². The third-order valence-corrected chi connectivity index (χ3v) is 9.87. The van der Waals surface area contributed by atoms with Gasteiger partial charge in [-0.05, 0) is 106 Å². The van der Waals surface area contributed by atoms with Gasteiger partial charge in [-0.1, -0.05) is 39.3 Å². The van der Waals surface area contributed by atoms with E-state index in [4.69, 9.17) is 0 Å². The van der Waals surface area contributed by atoms with Crippen LogP contribution in [0.1, 0.15) is 98.8 Å². The topological polar surface area (TPSA) is 37.3 Å². The van der Waals surface area contributed by atoms with Crippen LogP contribution >= 0.6 is 0 Å². The summed E-state index contributed by atoms with van der Waals surface area (Å²) < 4.78 is 0. The van der Waals surface area contributed by atoms with E-state index in [0.29, 0.717) is 23.0 Å². The molecule has 0 spiro atoms. The Balaban J connectivity index is 1.49. The number of carbonyl (C=O) groups is 1. The Morgan fingerprint density at radius 2 is 1.86 bits per heavy atom. The van der Waals surface area contributed by atoms with E-state index in [0.717, 1.165) is 49.4 Å². The summed E-state index contributed by atoms with van der Waals surface area (Å²) in [7, 11) is 0. The maximum Gasteiger partial charge on any atom is 0.136 e. The van der Waals surface area contributed by atoms with Crippen LogP contribution in [0.3, 0.4) is 0 Å². The zero-order valence-corrected chi connectivity index (χ0v) is 19.5. The molecule has 0 radical (unpaired) electrons. The maximum atomic E-state index is 12.9. The largest absolute Gasteiger partial charge is 0.390 e. The molecular formula is C27H44O2. The first-order chi connectivity index (χ1) is 13.6. The average Bonchev–Trinajstić information content (AvgIpc) is 3.01. The highest BCUT2D eigenvalue weighted by atomic mass is 16.3. The summed E-state index contributed by atoms with van der Waals surface area (Å²) in [5.41, 5.74) is 1.44. The van der Waals surface area contributed by atoms with E-state index in [-0.39, 0.29) is 5.92 Å². The number of Topliss-reactive ketones (excluding diaryl/α,β-unsaturated/α-hetero) is 1. The summed E-state index contributed by atoms with van der Waals surface area (Å²) >= 11 is 0. The second-order valence-electron chi connectivity index (χ2n) is 12.2. The van der Waals surface area contributed by atoms with Gasteiger partial charge in [-0.25, -0.2) is 0 Å². The Kier molecular flexibility index (Phi) is 5.82. The van der Waals surface area contributed by atoms with Crippen LogP contribution in [-0.4, -0.2) is 16.5 Å². The smallest absolute Gasteiger partial charge is 0.136 e. The van der Waals surface area contributed by atoms with E-state index >= 15 is 0 Å². The highest BCUT2D eigenvalue weighted by Gasteiger charge is 2.57. The number of fused-ring (bicyclic) bond motifs is 5. The monoisotopic (exact) mass is 400 g/mol. The molecule has 8 atom stereocenters. The van der Waals surface area contributed by atoms with Crippen molar-refractivity contribution in [2.24, 2.45) is 46.8 Å². The van der Waals surface area contributed by atoms with Crippen LogP contribution < -0.4 is 0 Å². The molecule has 1 N–H and O–H groups in total. The molecule has 4 rings (SSSR count). The second-order valence-corrected chi connectivity index (χ2v) is 12.2. The third kappa shape index (κ3) is 3.88. The summed E-state index contributed by atoms with van der Waals surface area (Å²) in [5, 5.41) is 10.6. The van der Waals surface area contributed by atoms with Gasteiger partial charge in [0.2, 0.25) is 0 Å². The van der Waals surface area contributed by atoms with Crippen LogP contribution in [0.25, 0.3) is 0 Å². The fourth-order valence-corrected chi connectivity index (χ4v) is 8.21. The van der Waals surface area contributed by atoms with Crippen molar-refractivity contribution >= 4 is 5.78 Å². The maximum absolute atomic E-state index is 12.9. The van der Waals surface area contributed by atoms with Gasteiger partial charge in [0.25, 0.3) is 0 Å². The Bertz CT molecular complexity index is 659. The van der Waals surface area contributed by atoms with E-state index in [9.17, 15) is 9.90 Å². The van der Waals surface area contributed by atoms with E-state index < -0.39 is 5.60 Å². The molecule has 4 aliphatic rings. The second kappa shape index (κ2) is 7.81. The Hall–Kier alpha value is -0.630. The van der Waals surface area contributed by atoms with Crippen LogP contribution in [0, 0.1) is 46.8 Å². The van der Waals surface area contributed by atoms with Crippen molar-refractivity contribution in [3.05, 3.63) is 11.6 Å². The van der Waals surface area contributed by atoms with Crippen molar-refractivity contribution in [2.45, 2.75) is 104 Å². The first-order valence-electron chi connectivity index (χ1n) is 12.6. The predicted molar refractivity (Wildman–Crippen MR) is 119 cm³/mol. The molecule has 3 saturated carbocycles. The van der Waals surface area contributed by atoms with Gasteiger partial charge in [0.15, 0.2) is 0 Å². The number of carbonyl (C=O) groups excluding carboxylic acids is 1. The minimum Gasteiger partial charge on any atom is -0.390 e. The molecule has 4 aliphatic carbocycles. The fourth-order valence-electron chi connectivity index (χ4n) is 8.21. The molecule has 164 valence electrons. The van der Waals surface area contributed by atoms with Gasteiger partial charge in [0.05, 0.1) is 5.60 Å². The first-order valence-corrected chi connectivity index (χ1v) is 12.6. The number of allylic oxidation sites excluding steroid dienone is 1. The first kappa shape index (κ1) is 21.6. The molecule has 0 aromatic rings. The van der Waals surface area contributed by atoms with Gasteiger partial charge in [-0.2, -0.15) is 0 Å². The van der Waals surface area contributed by atoms with Crippen LogP contribution in [0.2, 0.25) is 0 Å². The summed E-state index contributed by atoms with van der Waals surface area (Å²) in [4.78, 5) is 12.9. The molecule has 2 nitrogen and oxygen atoms in total. The standard InChI is InChI=1S/C27H44O2/c1-17(2)6-11-25(28)18(3)23-9-10-24-22-8-7-19-16-26(4,29)14-12-20(19)21(22)13-15-27(23,24)5/h7,17-18,20-24,29H,6,8-16H2,1-5H3/t18-,20-,21+,22+,23+,24-,26-,27+/m0/s1.